The number of hydrogen-bond donors (Lipinski definition) is 2. The minimum Gasteiger partial charge on any atom is -0.507 e. The van der Waals surface area contributed by atoms with E-state index in [0.717, 1.165) is 54.1 Å². The molecule has 0 unspecified atom stereocenters. The van der Waals surface area contributed by atoms with E-state index < -0.39 is 0 Å². The van der Waals surface area contributed by atoms with E-state index in [1.807, 2.05) is 86.2 Å². The number of anilines is 3. The van der Waals surface area contributed by atoms with Crippen LogP contribution in [-0.2, 0) is 0 Å². The average molecular weight is 492 g/mol. The normalized spacial score (nSPS) is 17.0. The summed E-state index contributed by atoms with van der Waals surface area (Å²) < 4.78 is 0. The molecule has 5 rings (SSSR count). The summed E-state index contributed by atoms with van der Waals surface area (Å²) in [5.74, 6) is 2.06. The highest BCUT2D eigenvalue weighted by molar-refractivity contribution is 8.04. The predicted octanol–water partition coefficient (Wildman–Crippen LogP) is 5.34. The van der Waals surface area contributed by atoms with Crippen molar-refractivity contribution < 1.29 is 10.2 Å². The smallest absolute Gasteiger partial charge is 0.168 e. The Hall–Kier alpha value is -3.30. The average Bonchev–Trinajstić information content (AvgIpc) is 3.25. The van der Waals surface area contributed by atoms with Crippen LogP contribution >= 0.6 is 23.5 Å². The van der Waals surface area contributed by atoms with Gasteiger partial charge in [-0.05, 0) is 66.4 Å². The fourth-order valence-corrected chi connectivity index (χ4v) is 5.83. The fraction of sp³-hybridized carbons (Fsp3) is 0.200. The van der Waals surface area contributed by atoms with Crippen molar-refractivity contribution in [2.45, 2.75) is 17.0 Å². The van der Waals surface area contributed by atoms with Gasteiger partial charge in [-0.2, -0.15) is 0 Å². The van der Waals surface area contributed by atoms with E-state index in [-0.39, 0.29) is 11.5 Å². The number of aryl methyl sites for hydroxylation is 1. The number of phenols is 2. The van der Waals surface area contributed by atoms with Gasteiger partial charge in [0.15, 0.2) is 11.6 Å². The molecule has 9 heteroatoms. The van der Waals surface area contributed by atoms with Crippen LogP contribution in [0.5, 0.6) is 11.5 Å². The molecule has 3 aromatic rings. The maximum atomic E-state index is 10.5. The Morgan fingerprint density at radius 2 is 1.32 bits per heavy atom. The molecule has 3 heterocycles. The number of hydrogen-bond acceptors (Lipinski definition) is 9. The molecule has 0 saturated carbocycles. The summed E-state index contributed by atoms with van der Waals surface area (Å²) in [6, 6.07) is 11.3. The Balaban J connectivity index is 1.43. The van der Waals surface area contributed by atoms with Gasteiger partial charge in [-0.25, -0.2) is 9.97 Å². The van der Waals surface area contributed by atoms with Gasteiger partial charge in [0.25, 0.3) is 0 Å². The third-order valence-electron chi connectivity index (χ3n) is 5.77. The monoisotopic (exact) mass is 491 g/mol. The first kappa shape index (κ1) is 22.5. The van der Waals surface area contributed by atoms with Crippen LogP contribution in [0.15, 0.2) is 56.5 Å². The third-order valence-corrected chi connectivity index (χ3v) is 7.91. The van der Waals surface area contributed by atoms with Gasteiger partial charge >= 0.3 is 0 Å². The zero-order valence-corrected chi connectivity index (χ0v) is 21.2. The Bertz CT molecular complexity index is 1370. The number of phenolic OH excluding ortho intramolecular Hbond substituents is 2. The van der Waals surface area contributed by atoms with Crippen LogP contribution in [-0.4, -0.2) is 48.4 Å². The maximum absolute atomic E-state index is 10.5. The van der Waals surface area contributed by atoms with Crippen LogP contribution in [0.25, 0.3) is 12.2 Å². The van der Waals surface area contributed by atoms with Crippen LogP contribution in [0.2, 0.25) is 0 Å². The molecule has 0 spiro atoms. The molecule has 0 aliphatic carbocycles. The predicted molar refractivity (Wildman–Crippen MR) is 142 cm³/mol. The highest BCUT2D eigenvalue weighted by Gasteiger charge is 2.33. The SMILES string of the molecule is Cc1ccc(C=C2Sc3nc4c(nc3N2C)N(C)C(=Cc2ccc(N(C)C)cc2O)S4)c(O)c1. The van der Waals surface area contributed by atoms with Crippen LogP contribution in [0, 0.1) is 6.92 Å². The van der Waals surface area contributed by atoms with Crippen LogP contribution < -0.4 is 14.7 Å². The van der Waals surface area contributed by atoms with Gasteiger partial charge in [0.1, 0.15) is 21.6 Å². The highest BCUT2D eigenvalue weighted by atomic mass is 32.2. The molecule has 2 aliphatic rings. The van der Waals surface area contributed by atoms with Crippen LogP contribution in [0.3, 0.4) is 0 Å². The number of rotatable bonds is 3. The molecule has 1 aromatic heterocycles. The molecule has 2 N–H and O–H groups in total. The summed E-state index contributed by atoms with van der Waals surface area (Å²) >= 11 is 3.07. The van der Waals surface area contributed by atoms with Crippen molar-refractivity contribution in [1.29, 1.82) is 0 Å². The number of fused-ring (bicyclic) bond motifs is 2. The second-order valence-electron chi connectivity index (χ2n) is 8.47. The first-order chi connectivity index (χ1) is 16.2. The summed E-state index contributed by atoms with van der Waals surface area (Å²) in [6.45, 7) is 1.95. The largest absolute Gasteiger partial charge is 0.507 e. The summed E-state index contributed by atoms with van der Waals surface area (Å²) in [7, 11) is 7.81. The molecule has 2 aromatic carbocycles. The second kappa shape index (κ2) is 8.48. The Labute approximate surface area is 207 Å². The van der Waals surface area contributed by atoms with E-state index in [0.29, 0.717) is 0 Å². The summed E-state index contributed by atoms with van der Waals surface area (Å²) in [5, 5.41) is 24.4. The van der Waals surface area contributed by atoms with Gasteiger partial charge in [0.05, 0.1) is 10.1 Å². The molecule has 34 heavy (non-hydrogen) atoms. The summed E-state index contributed by atoms with van der Waals surface area (Å²) in [5.41, 5.74) is 3.46. The highest BCUT2D eigenvalue weighted by Crippen LogP contribution is 2.50. The molecule has 0 amide bonds. The molecule has 0 bridgehead atoms. The van der Waals surface area contributed by atoms with E-state index in [1.165, 1.54) is 23.5 Å². The molecular weight excluding hydrogens is 466 g/mol. The van der Waals surface area contributed by atoms with E-state index in [2.05, 4.69) is 0 Å². The van der Waals surface area contributed by atoms with Gasteiger partial charge in [-0.15, -0.1) is 0 Å². The molecular formula is C25H25N5O2S2. The molecule has 7 nitrogen and oxygen atoms in total. The van der Waals surface area contributed by atoms with Crippen LogP contribution in [0.1, 0.15) is 16.7 Å². The van der Waals surface area contributed by atoms with E-state index in [1.54, 1.807) is 12.1 Å². The molecule has 0 saturated heterocycles. The standard InChI is InChI=1S/C25H25N5O2S2/c1-14-6-7-15(18(31)10-14)11-20-29(4)22-24(33-20)27-25-23(26-22)30(5)21(34-25)12-16-8-9-17(28(2)3)13-19(16)32/h6-13,31-32H,1-5H3. The van der Waals surface area contributed by atoms with Gasteiger partial charge in [0, 0.05) is 51.1 Å². The maximum Gasteiger partial charge on any atom is 0.168 e. The Kier molecular flexibility index (Phi) is 5.61. The number of aromatic hydroxyl groups is 2. The van der Waals surface area contributed by atoms with Crippen molar-refractivity contribution in [3.8, 4) is 11.5 Å². The third kappa shape index (κ3) is 3.95. The van der Waals surface area contributed by atoms with Crippen molar-refractivity contribution >= 4 is 53.0 Å². The molecule has 0 radical (unpaired) electrons. The van der Waals surface area contributed by atoms with Gasteiger partial charge in [-0.1, -0.05) is 12.1 Å². The minimum absolute atomic E-state index is 0.233. The van der Waals surface area contributed by atoms with E-state index >= 15 is 0 Å². The molecule has 0 fully saturated rings. The molecule has 2 aliphatic heterocycles. The summed E-state index contributed by atoms with van der Waals surface area (Å²) in [6.07, 6.45) is 3.91. The van der Waals surface area contributed by atoms with Gasteiger partial charge < -0.3 is 24.9 Å². The van der Waals surface area contributed by atoms with Crippen LogP contribution in [0.4, 0.5) is 17.3 Å². The van der Waals surface area contributed by atoms with Crippen molar-refractivity contribution in [1.82, 2.24) is 9.97 Å². The number of nitrogens with zero attached hydrogens (tertiary/aromatic N) is 5. The number of thioether (sulfide) groups is 2. The fourth-order valence-electron chi connectivity index (χ4n) is 3.73. The zero-order valence-electron chi connectivity index (χ0n) is 19.6. The summed E-state index contributed by atoms with van der Waals surface area (Å²) in [4.78, 5) is 15.7. The Morgan fingerprint density at radius 3 is 1.82 bits per heavy atom. The zero-order chi connectivity index (χ0) is 24.1. The lowest BCUT2D eigenvalue weighted by Gasteiger charge is -2.16. The lowest BCUT2D eigenvalue weighted by atomic mass is 10.1. The van der Waals surface area contributed by atoms with E-state index in [9.17, 15) is 10.2 Å². The first-order valence-corrected chi connectivity index (χ1v) is 12.3. The molecule has 174 valence electrons. The van der Waals surface area contributed by atoms with Crippen molar-refractivity contribution in [2.75, 3.05) is 42.9 Å². The van der Waals surface area contributed by atoms with Gasteiger partial charge in [0.2, 0.25) is 0 Å². The minimum atomic E-state index is 0.233. The lowest BCUT2D eigenvalue weighted by molar-refractivity contribution is 0.473. The number of aromatic nitrogens is 2. The van der Waals surface area contributed by atoms with Crippen molar-refractivity contribution in [3.05, 3.63) is 63.1 Å². The quantitative estimate of drug-likeness (QED) is 0.505. The lowest BCUT2D eigenvalue weighted by Crippen LogP contribution is -2.15. The van der Waals surface area contributed by atoms with Crippen molar-refractivity contribution in [3.63, 3.8) is 0 Å². The van der Waals surface area contributed by atoms with E-state index in [4.69, 9.17) is 9.97 Å². The topological polar surface area (TPSA) is 76.0 Å². The Morgan fingerprint density at radius 1 is 0.794 bits per heavy atom. The first-order valence-electron chi connectivity index (χ1n) is 10.7. The number of benzene rings is 2. The molecule has 0 atom stereocenters. The second-order valence-corrected chi connectivity index (χ2v) is 10.5. The van der Waals surface area contributed by atoms with Gasteiger partial charge in [-0.3, -0.25) is 0 Å². The van der Waals surface area contributed by atoms with Crippen molar-refractivity contribution in [2.24, 2.45) is 0 Å².